The highest BCUT2D eigenvalue weighted by atomic mass is 35.5. The van der Waals surface area contributed by atoms with Crippen molar-refractivity contribution in [3.8, 4) is 0 Å². The summed E-state index contributed by atoms with van der Waals surface area (Å²) in [4.78, 5) is 2.63. The van der Waals surface area contributed by atoms with Crippen LogP contribution in [-0.4, -0.2) is 46.9 Å². The normalized spacial score (nSPS) is 18.2. The maximum Gasteiger partial charge on any atom is 0.0522 e. The Morgan fingerprint density at radius 3 is 2.74 bits per heavy atom. The molecular formula is C13H26Cl2N4. The number of rotatable bonds is 6. The van der Waals surface area contributed by atoms with E-state index in [2.05, 4.69) is 28.4 Å². The molecule has 1 fully saturated rings. The van der Waals surface area contributed by atoms with E-state index in [1.54, 1.807) is 0 Å². The van der Waals surface area contributed by atoms with Crippen molar-refractivity contribution in [3.05, 3.63) is 18.0 Å². The molecule has 1 atom stereocenters. The van der Waals surface area contributed by atoms with Crippen molar-refractivity contribution in [3.63, 3.8) is 0 Å². The van der Waals surface area contributed by atoms with Crippen LogP contribution in [0.15, 0.2) is 12.4 Å². The summed E-state index contributed by atoms with van der Waals surface area (Å²) in [7, 11) is 1.98. The Balaban J connectivity index is 0.00000162. The summed E-state index contributed by atoms with van der Waals surface area (Å²) in [6.07, 6.45) is 7.76. The Morgan fingerprint density at radius 1 is 1.42 bits per heavy atom. The van der Waals surface area contributed by atoms with E-state index in [0.29, 0.717) is 0 Å². The summed E-state index contributed by atoms with van der Waals surface area (Å²) in [6, 6.07) is 0.742. The summed E-state index contributed by atoms with van der Waals surface area (Å²) in [6.45, 7) is 6.97. The number of nitrogens with zero attached hydrogens (tertiary/aromatic N) is 3. The number of aryl methyl sites for hydroxylation is 1. The summed E-state index contributed by atoms with van der Waals surface area (Å²) < 4.78 is 1.89. The molecule has 0 spiro atoms. The van der Waals surface area contributed by atoms with Crippen molar-refractivity contribution in [1.82, 2.24) is 20.0 Å². The Bertz CT molecular complexity index is 337. The van der Waals surface area contributed by atoms with Crippen LogP contribution in [-0.2, 0) is 13.5 Å². The summed E-state index contributed by atoms with van der Waals surface area (Å²) in [5.41, 5.74) is 1.35. The number of halogens is 2. The van der Waals surface area contributed by atoms with E-state index in [0.717, 1.165) is 25.6 Å². The smallest absolute Gasteiger partial charge is 0.0522 e. The van der Waals surface area contributed by atoms with E-state index in [4.69, 9.17) is 0 Å². The molecule has 112 valence electrons. The van der Waals surface area contributed by atoms with Crippen molar-refractivity contribution in [1.29, 1.82) is 0 Å². The van der Waals surface area contributed by atoms with Crippen LogP contribution >= 0.6 is 24.8 Å². The minimum Gasteiger partial charge on any atom is -0.315 e. The van der Waals surface area contributed by atoms with Gasteiger partial charge in [0.25, 0.3) is 0 Å². The van der Waals surface area contributed by atoms with E-state index in [1.807, 2.05) is 17.9 Å². The highest BCUT2D eigenvalue weighted by Gasteiger charge is 2.21. The molecule has 1 aromatic rings. The predicted octanol–water partition coefficient (Wildman–Crippen LogP) is 1.88. The third kappa shape index (κ3) is 5.69. The van der Waals surface area contributed by atoms with Gasteiger partial charge in [-0.25, -0.2) is 0 Å². The summed E-state index contributed by atoms with van der Waals surface area (Å²) >= 11 is 0. The van der Waals surface area contributed by atoms with Crippen LogP contribution in [0.3, 0.4) is 0 Å². The number of nitrogens with one attached hydrogen (secondary N) is 1. The van der Waals surface area contributed by atoms with Gasteiger partial charge in [0.05, 0.1) is 6.20 Å². The van der Waals surface area contributed by atoms with Crippen LogP contribution in [0.25, 0.3) is 0 Å². The SMILES string of the molecule is CCCN(CCc1cnn(C)c1)C1CCNC1.Cl.Cl. The zero-order valence-corrected chi connectivity index (χ0v) is 13.5. The number of hydrogen-bond donors (Lipinski definition) is 1. The summed E-state index contributed by atoms with van der Waals surface area (Å²) in [5, 5.41) is 7.68. The molecule has 1 aliphatic rings. The van der Waals surface area contributed by atoms with Crippen LogP contribution in [0.5, 0.6) is 0 Å². The molecule has 1 unspecified atom stereocenters. The molecule has 0 aliphatic carbocycles. The van der Waals surface area contributed by atoms with Crippen LogP contribution in [0.1, 0.15) is 25.3 Å². The highest BCUT2D eigenvalue weighted by molar-refractivity contribution is 5.85. The van der Waals surface area contributed by atoms with Crippen molar-refractivity contribution in [2.24, 2.45) is 7.05 Å². The van der Waals surface area contributed by atoms with Gasteiger partial charge in [0, 0.05) is 32.4 Å². The van der Waals surface area contributed by atoms with E-state index in [-0.39, 0.29) is 24.8 Å². The van der Waals surface area contributed by atoms with Crippen molar-refractivity contribution >= 4 is 24.8 Å². The van der Waals surface area contributed by atoms with Gasteiger partial charge in [0.15, 0.2) is 0 Å². The lowest BCUT2D eigenvalue weighted by Crippen LogP contribution is -2.38. The maximum absolute atomic E-state index is 4.22. The van der Waals surface area contributed by atoms with Crippen LogP contribution in [0.4, 0.5) is 0 Å². The molecule has 0 saturated carbocycles. The quantitative estimate of drug-likeness (QED) is 0.871. The average molecular weight is 309 g/mol. The molecule has 1 saturated heterocycles. The molecule has 2 rings (SSSR count). The Hall–Kier alpha value is -0.290. The molecule has 1 aromatic heterocycles. The molecule has 6 heteroatoms. The molecule has 1 N–H and O–H groups in total. The number of aromatic nitrogens is 2. The van der Waals surface area contributed by atoms with Crippen LogP contribution < -0.4 is 5.32 Å². The minimum absolute atomic E-state index is 0. The van der Waals surface area contributed by atoms with Crippen molar-refractivity contribution < 1.29 is 0 Å². The van der Waals surface area contributed by atoms with Gasteiger partial charge in [-0.2, -0.15) is 5.10 Å². The molecule has 2 heterocycles. The molecule has 0 aromatic carbocycles. The monoisotopic (exact) mass is 308 g/mol. The first-order chi connectivity index (χ1) is 8.29. The van der Waals surface area contributed by atoms with E-state index in [1.165, 1.54) is 31.5 Å². The second-order valence-corrected chi connectivity index (χ2v) is 4.95. The van der Waals surface area contributed by atoms with Gasteiger partial charge >= 0.3 is 0 Å². The highest BCUT2D eigenvalue weighted by Crippen LogP contribution is 2.10. The summed E-state index contributed by atoms with van der Waals surface area (Å²) in [5.74, 6) is 0. The fraction of sp³-hybridized carbons (Fsp3) is 0.769. The zero-order chi connectivity index (χ0) is 12.1. The Morgan fingerprint density at radius 2 is 2.21 bits per heavy atom. The second-order valence-electron chi connectivity index (χ2n) is 4.95. The fourth-order valence-electron chi connectivity index (χ4n) is 2.59. The van der Waals surface area contributed by atoms with E-state index >= 15 is 0 Å². The fourth-order valence-corrected chi connectivity index (χ4v) is 2.59. The van der Waals surface area contributed by atoms with Gasteiger partial charge in [0.2, 0.25) is 0 Å². The molecule has 4 nitrogen and oxygen atoms in total. The van der Waals surface area contributed by atoms with Crippen molar-refractivity contribution in [2.75, 3.05) is 26.2 Å². The lowest BCUT2D eigenvalue weighted by Gasteiger charge is -2.27. The zero-order valence-electron chi connectivity index (χ0n) is 11.8. The van der Waals surface area contributed by atoms with Gasteiger partial charge in [-0.1, -0.05) is 6.92 Å². The lowest BCUT2D eigenvalue weighted by atomic mass is 10.1. The molecule has 0 amide bonds. The lowest BCUT2D eigenvalue weighted by molar-refractivity contribution is 0.211. The van der Waals surface area contributed by atoms with Crippen LogP contribution in [0.2, 0.25) is 0 Å². The third-order valence-corrected chi connectivity index (χ3v) is 3.51. The topological polar surface area (TPSA) is 33.1 Å². The van der Waals surface area contributed by atoms with E-state index < -0.39 is 0 Å². The Kier molecular flexibility index (Phi) is 9.44. The first-order valence-electron chi connectivity index (χ1n) is 6.72. The maximum atomic E-state index is 4.22. The second kappa shape index (κ2) is 9.59. The van der Waals surface area contributed by atoms with Gasteiger partial charge in [-0.05, 0) is 37.9 Å². The average Bonchev–Trinajstić information content (AvgIpc) is 2.95. The number of hydrogen-bond acceptors (Lipinski definition) is 3. The molecule has 0 bridgehead atoms. The standard InChI is InChI=1S/C13H24N4.2ClH/c1-3-7-17(13-4-6-14-10-13)8-5-12-9-15-16(2)11-12;;/h9,11,13-14H,3-8,10H2,1-2H3;2*1H. The minimum atomic E-state index is 0. The molecule has 1 aliphatic heterocycles. The Labute approximate surface area is 128 Å². The third-order valence-electron chi connectivity index (χ3n) is 3.51. The molecule has 19 heavy (non-hydrogen) atoms. The first-order valence-corrected chi connectivity index (χ1v) is 6.72. The molecular weight excluding hydrogens is 283 g/mol. The van der Waals surface area contributed by atoms with Crippen molar-refractivity contribution in [2.45, 2.75) is 32.2 Å². The van der Waals surface area contributed by atoms with E-state index in [9.17, 15) is 0 Å². The largest absolute Gasteiger partial charge is 0.315 e. The molecule has 0 radical (unpaired) electrons. The van der Waals surface area contributed by atoms with Gasteiger partial charge in [-0.15, -0.1) is 24.8 Å². The van der Waals surface area contributed by atoms with Gasteiger partial charge in [0.1, 0.15) is 0 Å². The van der Waals surface area contributed by atoms with Gasteiger partial charge < -0.3 is 5.32 Å². The van der Waals surface area contributed by atoms with Gasteiger partial charge in [-0.3, -0.25) is 9.58 Å². The first kappa shape index (κ1) is 18.7. The van der Waals surface area contributed by atoms with Crippen LogP contribution in [0, 0.1) is 0 Å². The predicted molar refractivity (Wildman–Crippen MR) is 84.5 cm³/mol.